The van der Waals surface area contributed by atoms with E-state index in [2.05, 4.69) is 9.97 Å². The maximum Gasteiger partial charge on any atom is 0.333 e. The van der Waals surface area contributed by atoms with E-state index in [0.29, 0.717) is 11.3 Å². The van der Waals surface area contributed by atoms with E-state index < -0.39 is 23.8 Å². The van der Waals surface area contributed by atoms with Crippen LogP contribution in [0.3, 0.4) is 0 Å². The van der Waals surface area contributed by atoms with Gasteiger partial charge >= 0.3 is 11.7 Å². The molecule has 1 aromatic carbocycles. The highest BCUT2D eigenvalue weighted by Gasteiger charge is 2.19. The van der Waals surface area contributed by atoms with E-state index >= 15 is 0 Å². The number of carbonyl (C=O) groups excluding carboxylic acids is 1. The molecule has 3 rings (SSSR count). The van der Waals surface area contributed by atoms with Gasteiger partial charge in [0.1, 0.15) is 12.2 Å². The summed E-state index contributed by atoms with van der Waals surface area (Å²) in [4.78, 5) is 45.4. The van der Waals surface area contributed by atoms with Crippen molar-refractivity contribution in [3.63, 3.8) is 0 Å². The van der Waals surface area contributed by atoms with Gasteiger partial charge in [0.2, 0.25) is 0 Å². The average Bonchev–Trinajstić information content (AvgIpc) is 2.64. The van der Waals surface area contributed by atoms with Crippen LogP contribution in [0.15, 0.2) is 39.9 Å². The van der Waals surface area contributed by atoms with Gasteiger partial charge in [-0.2, -0.15) is 0 Å². The predicted octanol–water partition coefficient (Wildman–Crippen LogP) is 1.37. The molecule has 0 bridgehead atoms. The molecule has 0 aliphatic rings. The van der Waals surface area contributed by atoms with E-state index in [1.54, 1.807) is 31.2 Å². The number of fused-ring (bicyclic) bond motifs is 1. The third-order valence-corrected chi connectivity index (χ3v) is 4.02. The first-order valence-corrected chi connectivity index (χ1v) is 8.20. The number of halogens is 1. The molecule has 134 valence electrons. The summed E-state index contributed by atoms with van der Waals surface area (Å²) in [5.74, 6) is -0.684. The molecule has 0 atom stereocenters. The number of ether oxygens (including phenoxy) is 1. The normalized spacial score (nSPS) is 10.9. The molecule has 0 saturated heterocycles. The molecule has 2 aromatic heterocycles. The number of hydrogen-bond donors (Lipinski definition) is 0. The van der Waals surface area contributed by atoms with Crippen LogP contribution in [0.4, 0.5) is 0 Å². The van der Waals surface area contributed by atoms with Gasteiger partial charge in [-0.1, -0.05) is 41.9 Å². The van der Waals surface area contributed by atoms with Crippen molar-refractivity contribution >= 4 is 28.7 Å². The highest BCUT2D eigenvalue weighted by atomic mass is 35.5. The zero-order valence-electron chi connectivity index (χ0n) is 14.1. The fourth-order valence-electron chi connectivity index (χ4n) is 2.53. The molecule has 8 nitrogen and oxygen atoms in total. The summed E-state index contributed by atoms with van der Waals surface area (Å²) < 4.78 is 6.72. The third kappa shape index (κ3) is 3.11. The first kappa shape index (κ1) is 17.8. The Hall–Kier alpha value is -3.00. The molecule has 0 saturated carbocycles. The van der Waals surface area contributed by atoms with Crippen molar-refractivity contribution in [2.45, 2.75) is 13.5 Å². The van der Waals surface area contributed by atoms with Crippen molar-refractivity contribution in [1.29, 1.82) is 0 Å². The van der Waals surface area contributed by atoms with Gasteiger partial charge in [-0.3, -0.25) is 14.2 Å². The van der Waals surface area contributed by atoms with Crippen molar-refractivity contribution < 1.29 is 9.53 Å². The Morgan fingerprint density at radius 2 is 1.88 bits per heavy atom. The number of rotatable bonds is 4. The molecular formula is C17H15ClN4O4. The van der Waals surface area contributed by atoms with Crippen LogP contribution >= 0.6 is 11.6 Å². The lowest BCUT2D eigenvalue weighted by Crippen LogP contribution is -2.41. The highest BCUT2D eigenvalue weighted by Crippen LogP contribution is 2.25. The topological polar surface area (TPSA) is 96.1 Å². The molecule has 0 radical (unpaired) electrons. The van der Waals surface area contributed by atoms with E-state index in [1.165, 1.54) is 7.05 Å². The highest BCUT2D eigenvalue weighted by molar-refractivity contribution is 6.32. The standard InChI is InChI=1S/C17H15ClN4O4/c1-3-26-11(23)9-22-16(24)13-15(21(2)17(22)25)20-14(18)12(19-13)10-7-5-4-6-8-10/h4-8H,3,9H2,1-2H3. The zero-order valence-corrected chi connectivity index (χ0v) is 14.9. The number of nitrogens with zero attached hydrogens (tertiary/aromatic N) is 4. The second-order valence-corrected chi connectivity index (χ2v) is 5.80. The van der Waals surface area contributed by atoms with Crippen LogP contribution in [-0.2, 0) is 23.1 Å². The minimum absolute atomic E-state index is 0.0461. The predicted molar refractivity (Wildman–Crippen MR) is 96.1 cm³/mol. The quantitative estimate of drug-likeness (QED) is 0.640. The fourth-order valence-corrected chi connectivity index (χ4v) is 2.76. The maximum absolute atomic E-state index is 12.7. The Balaban J connectivity index is 2.27. The van der Waals surface area contributed by atoms with Crippen molar-refractivity contribution in [2.75, 3.05) is 6.61 Å². The number of esters is 1. The second kappa shape index (κ2) is 7.09. The average molecular weight is 375 g/mol. The van der Waals surface area contributed by atoms with E-state index in [9.17, 15) is 14.4 Å². The summed E-state index contributed by atoms with van der Waals surface area (Å²) in [5.41, 5.74) is -0.439. The van der Waals surface area contributed by atoms with E-state index in [0.717, 1.165) is 9.13 Å². The summed E-state index contributed by atoms with van der Waals surface area (Å²) in [6.45, 7) is 1.29. The molecule has 2 heterocycles. The summed E-state index contributed by atoms with van der Waals surface area (Å²) in [5, 5.41) is 0.0706. The van der Waals surface area contributed by atoms with Crippen LogP contribution in [0.25, 0.3) is 22.4 Å². The molecule has 0 aliphatic carbocycles. The monoisotopic (exact) mass is 374 g/mol. The molecule has 26 heavy (non-hydrogen) atoms. The van der Waals surface area contributed by atoms with Crippen LogP contribution in [-0.4, -0.2) is 31.7 Å². The first-order valence-electron chi connectivity index (χ1n) is 7.82. The summed E-state index contributed by atoms with van der Waals surface area (Å²) >= 11 is 6.21. The van der Waals surface area contributed by atoms with Gasteiger partial charge in [-0.05, 0) is 6.92 Å². The molecule has 0 spiro atoms. The minimum Gasteiger partial charge on any atom is -0.465 e. The maximum atomic E-state index is 12.7. The van der Waals surface area contributed by atoms with Crippen molar-refractivity contribution in [1.82, 2.24) is 19.1 Å². The van der Waals surface area contributed by atoms with Crippen molar-refractivity contribution in [3.8, 4) is 11.3 Å². The molecule has 0 unspecified atom stereocenters. The molecule has 0 fully saturated rings. The van der Waals surface area contributed by atoms with Gasteiger partial charge < -0.3 is 4.74 Å². The SMILES string of the molecule is CCOC(=O)Cn1c(=O)c2nc(-c3ccccc3)c(Cl)nc2n(C)c1=O. The molecule has 0 aliphatic heterocycles. The Kier molecular flexibility index (Phi) is 4.85. The lowest BCUT2D eigenvalue weighted by atomic mass is 10.1. The van der Waals surface area contributed by atoms with Crippen LogP contribution < -0.4 is 11.2 Å². The van der Waals surface area contributed by atoms with Gasteiger partial charge in [-0.15, -0.1) is 0 Å². The van der Waals surface area contributed by atoms with Crippen LogP contribution in [0.2, 0.25) is 5.15 Å². The van der Waals surface area contributed by atoms with Gasteiger partial charge in [0, 0.05) is 12.6 Å². The molecule has 0 amide bonds. The van der Waals surface area contributed by atoms with Gasteiger partial charge in [0.15, 0.2) is 16.3 Å². The van der Waals surface area contributed by atoms with Crippen LogP contribution in [0, 0.1) is 0 Å². The van der Waals surface area contributed by atoms with E-state index in [4.69, 9.17) is 16.3 Å². The molecule has 9 heteroatoms. The lowest BCUT2D eigenvalue weighted by Gasteiger charge is -2.11. The smallest absolute Gasteiger partial charge is 0.333 e. The first-order chi connectivity index (χ1) is 12.4. The molecule has 0 N–H and O–H groups in total. The number of hydrogen-bond acceptors (Lipinski definition) is 6. The number of benzene rings is 1. The number of aryl methyl sites for hydroxylation is 1. The summed E-state index contributed by atoms with van der Waals surface area (Å²) in [6.07, 6.45) is 0. The number of aromatic nitrogens is 4. The lowest BCUT2D eigenvalue weighted by molar-refractivity contribution is -0.143. The summed E-state index contributed by atoms with van der Waals surface area (Å²) in [6, 6.07) is 9.00. The Bertz CT molecular complexity index is 1110. The third-order valence-electron chi connectivity index (χ3n) is 3.76. The van der Waals surface area contributed by atoms with Crippen LogP contribution in [0.1, 0.15) is 6.92 Å². The fraction of sp³-hybridized carbons (Fsp3) is 0.235. The van der Waals surface area contributed by atoms with Crippen LogP contribution in [0.5, 0.6) is 0 Å². The molecule has 3 aromatic rings. The van der Waals surface area contributed by atoms with E-state index in [1.807, 2.05) is 6.07 Å². The van der Waals surface area contributed by atoms with E-state index in [-0.39, 0.29) is 22.9 Å². The van der Waals surface area contributed by atoms with Crippen molar-refractivity contribution in [3.05, 3.63) is 56.3 Å². The zero-order chi connectivity index (χ0) is 18.8. The number of carbonyl (C=O) groups is 1. The second-order valence-electron chi connectivity index (χ2n) is 5.44. The Labute approximate surface area is 152 Å². The van der Waals surface area contributed by atoms with Gasteiger partial charge in [-0.25, -0.2) is 19.3 Å². The van der Waals surface area contributed by atoms with Gasteiger partial charge in [0.25, 0.3) is 5.56 Å². The Morgan fingerprint density at radius 3 is 2.54 bits per heavy atom. The van der Waals surface area contributed by atoms with Gasteiger partial charge in [0.05, 0.1) is 6.61 Å². The molecular weight excluding hydrogens is 360 g/mol. The Morgan fingerprint density at radius 1 is 1.19 bits per heavy atom. The van der Waals surface area contributed by atoms with Crippen molar-refractivity contribution in [2.24, 2.45) is 7.05 Å². The summed E-state index contributed by atoms with van der Waals surface area (Å²) in [7, 11) is 1.43. The largest absolute Gasteiger partial charge is 0.465 e. The minimum atomic E-state index is -0.725.